The van der Waals surface area contributed by atoms with Crippen LogP contribution in [0.4, 0.5) is 5.69 Å². The zero-order valence-corrected chi connectivity index (χ0v) is 14.4. The molecule has 1 amide bonds. The number of nitro benzene ring substituents is 1. The average molecular weight is 326 g/mol. The minimum atomic E-state index is -0.485. The average Bonchev–Trinajstić information content (AvgIpc) is 2.54. The Morgan fingerprint density at radius 3 is 2.04 bits per heavy atom. The first-order valence-electron chi connectivity index (χ1n) is 7.84. The lowest BCUT2D eigenvalue weighted by molar-refractivity contribution is -0.384. The number of rotatable bonds is 4. The summed E-state index contributed by atoms with van der Waals surface area (Å²) >= 11 is 0. The van der Waals surface area contributed by atoms with Crippen molar-refractivity contribution >= 4 is 11.6 Å². The molecule has 0 aliphatic heterocycles. The molecule has 0 bridgehead atoms. The lowest BCUT2D eigenvalue weighted by Crippen LogP contribution is -2.26. The van der Waals surface area contributed by atoms with E-state index in [9.17, 15) is 14.9 Å². The van der Waals surface area contributed by atoms with E-state index in [1.807, 2.05) is 19.1 Å². The maximum absolute atomic E-state index is 12.3. The Balaban J connectivity index is 2.07. The Labute approximate surface area is 141 Å². The van der Waals surface area contributed by atoms with Crippen molar-refractivity contribution < 1.29 is 9.72 Å². The number of benzene rings is 2. The third-order valence-electron chi connectivity index (χ3n) is 3.96. The van der Waals surface area contributed by atoms with Crippen molar-refractivity contribution in [1.82, 2.24) is 5.32 Å². The highest BCUT2D eigenvalue weighted by Crippen LogP contribution is 2.24. The van der Waals surface area contributed by atoms with Gasteiger partial charge < -0.3 is 5.32 Å². The lowest BCUT2D eigenvalue weighted by atomic mass is 9.86. The van der Waals surface area contributed by atoms with Gasteiger partial charge in [0.25, 0.3) is 11.6 Å². The first kappa shape index (κ1) is 17.7. The number of carbonyl (C=O) groups excluding carboxylic acids is 1. The summed E-state index contributed by atoms with van der Waals surface area (Å²) in [7, 11) is 0. The summed E-state index contributed by atoms with van der Waals surface area (Å²) in [6.45, 7) is 8.38. The van der Waals surface area contributed by atoms with E-state index >= 15 is 0 Å². The second-order valence-corrected chi connectivity index (χ2v) is 6.87. The van der Waals surface area contributed by atoms with Crippen LogP contribution in [0.5, 0.6) is 0 Å². The fraction of sp³-hybridized carbons (Fsp3) is 0.316. The van der Waals surface area contributed by atoms with Gasteiger partial charge in [0.05, 0.1) is 11.0 Å². The summed E-state index contributed by atoms with van der Waals surface area (Å²) in [5, 5.41) is 13.6. The highest BCUT2D eigenvalue weighted by molar-refractivity contribution is 5.94. The maximum atomic E-state index is 12.3. The smallest absolute Gasteiger partial charge is 0.269 e. The zero-order valence-electron chi connectivity index (χ0n) is 14.4. The summed E-state index contributed by atoms with van der Waals surface area (Å²) in [4.78, 5) is 22.4. The maximum Gasteiger partial charge on any atom is 0.269 e. The molecule has 0 spiro atoms. The summed E-state index contributed by atoms with van der Waals surface area (Å²) in [5.41, 5.74) is 2.71. The van der Waals surface area contributed by atoms with Crippen LogP contribution >= 0.6 is 0 Å². The zero-order chi connectivity index (χ0) is 17.9. The van der Waals surface area contributed by atoms with Crippen molar-refractivity contribution in [1.29, 1.82) is 0 Å². The molecule has 1 atom stereocenters. The predicted octanol–water partition coefficient (Wildman–Crippen LogP) is 4.38. The third-order valence-corrected chi connectivity index (χ3v) is 3.96. The largest absolute Gasteiger partial charge is 0.346 e. The summed E-state index contributed by atoms with van der Waals surface area (Å²) in [6, 6.07) is 13.6. The SMILES string of the molecule is CC(NC(=O)c1ccc([N+](=O)[O-])cc1)c1ccc(C(C)(C)C)cc1. The topological polar surface area (TPSA) is 72.2 Å². The molecule has 0 aromatic heterocycles. The van der Waals surface area contributed by atoms with Gasteiger partial charge in [-0.05, 0) is 35.6 Å². The van der Waals surface area contributed by atoms with Crippen molar-refractivity contribution in [3.8, 4) is 0 Å². The first-order chi connectivity index (χ1) is 11.2. The molecule has 0 saturated heterocycles. The van der Waals surface area contributed by atoms with E-state index in [1.165, 1.54) is 29.8 Å². The van der Waals surface area contributed by atoms with Crippen LogP contribution in [-0.2, 0) is 5.41 Å². The number of non-ortho nitro benzene ring substituents is 1. The molecule has 2 aromatic carbocycles. The van der Waals surface area contributed by atoms with Crippen LogP contribution in [0.15, 0.2) is 48.5 Å². The van der Waals surface area contributed by atoms with Gasteiger partial charge in [0.15, 0.2) is 0 Å². The number of nitrogens with one attached hydrogen (secondary N) is 1. The van der Waals surface area contributed by atoms with Gasteiger partial charge in [0.2, 0.25) is 0 Å². The molecular weight excluding hydrogens is 304 g/mol. The third kappa shape index (κ3) is 4.19. The Bertz CT molecular complexity index is 729. The van der Waals surface area contributed by atoms with Gasteiger partial charge in [-0.25, -0.2) is 0 Å². The molecule has 2 rings (SSSR count). The Morgan fingerprint density at radius 1 is 1.04 bits per heavy atom. The van der Waals surface area contributed by atoms with Gasteiger partial charge in [-0.3, -0.25) is 14.9 Å². The normalized spacial score (nSPS) is 12.5. The minimum absolute atomic E-state index is 0.0302. The number of nitro groups is 1. The summed E-state index contributed by atoms with van der Waals surface area (Å²) in [6.07, 6.45) is 0. The lowest BCUT2D eigenvalue weighted by Gasteiger charge is -2.20. The molecule has 0 aliphatic carbocycles. The molecule has 5 heteroatoms. The van der Waals surface area contributed by atoms with Gasteiger partial charge in [0, 0.05) is 17.7 Å². The van der Waals surface area contributed by atoms with Crippen molar-refractivity contribution in [3.05, 3.63) is 75.3 Å². The fourth-order valence-electron chi connectivity index (χ4n) is 2.37. The highest BCUT2D eigenvalue weighted by atomic mass is 16.6. The van der Waals surface area contributed by atoms with Gasteiger partial charge in [-0.15, -0.1) is 0 Å². The molecule has 2 aromatic rings. The van der Waals surface area contributed by atoms with Crippen LogP contribution in [-0.4, -0.2) is 10.8 Å². The first-order valence-corrected chi connectivity index (χ1v) is 7.84. The molecular formula is C19H22N2O3. The van der Waals surface area contributed by atoms with E-state index in [0.29, 0.717) is 5.56 Å². The molecule has 126 valence electrons. The van der Waals surface area contributed by atoms with Crippen LogP contribution in [0.25, 0.3) is 0 Å². The quantitative estimate of drug-likeness (QED) is 0.669. The van der Waals surface area contributed by atoms with Crippen LogP contribution in [0.1, 0.15) is 55.2 Å². The molecule has 1 unspecified atom stereocenters. The molecule has 24 heavy (non-hydrogen) atoms. The number of hydrogen-bond donors (Lipinski definition) is 1. The Kier molecular flexibility index (Phi) is 5.02. The van der Waals surface area contributed by atoms with E-state index < -0.39 is 4.92 Å². The van der Waals surface area contributed by atoms with Crippen molar-refractivity contribution in [2.75, 3.05) is 0 Å². The Hall–Kier alpha value is -2.69. The highest BCUT2D eigenvalue weighted by Gasteiger charge is 2.16. The van der Waals surface area contributed by atoms with Crippen LogP contribution in [0.2, 0.25) is 0 Å². The van der Waals surface area contributed by atoms with E-state index in [1.54, 1.807) is 0 Å². The standard InChI is InChI=1S/C19H22N2O3/c1-13(14-5-9-16(10-6-14)19(2,3)4)20-18(22)15-7-11-17(12-8-15)21(23)24/h5-13H,1-4H3,(H,20,22). The molecule has 0 aliphatic rings. The molecule has 1 N–H and O–H groups in total. The van der Waals surface area contributed by atoms with Crippen molar-refractivity contribution in [2.24, 2.45) is 0 Å². The predicted molar refractivity (Wildman–Crippen MR) is 94.1 cm³/mol. The fourth-order valence-corrected chi connectivity index (χ4v) is 2.37. The van der Waals surface area contributed by atoms with Crippen LogP contribution < -0.4 is 5.32 Å². The van der Waals surface area contributed by atoms with Gasteiger partial charge in [-0.1, -0.05) is 45.0 Å². The molecule has 5 nitrogen and oxygen atoms in total. The monoisotopic (exact) mass is 326 g/mol. The van der Waals surface area contributed by atoms with Crippen LogP contribution in [0.3, 0.4) is 0 Å². The summed E-state index contributed by atoms with van der Waals surface area (Å²) < 4.78 is 0. The van der Waals surface area contributed by atoms with E-state index in [-0.39, 0.29) is 23.1 Å². The molecule has 0 fully saturated rings. The summed E-state index contributed by atoms with van der Waals surface area (Å²) in [5.74, 6) is -0.253. The second kappa shape index (κ2) is 6.83. The second-order valence-electron chi connectivity index (χ2n) is 6.87. The minimum Gasteiger partial charge on any atom is -0.346 e. The van der Waals surface area contributed by atoms with Gasteiger partial charge >= 0.3 is 0 Å². The molecule has 0 heterocycles. The number of nitrogens with zero attached hydrogens (tertiary/aromatic N) is 1. The Morgan fingerprint density at radius 2 is 1.58 bits per heavy atom. The van der Waals surface area contributed by atoms with E-state index in [0.717, 1.165) is 5.56 Å². The number of amides is 1. The molecule has 0 radical (unpaired) electrons. The van der Waals surface area contributed by atoms with Crippen molar-refractivity contribution in [2.45, 2.75) is 39.2 Å². The van der Waals surface area contributed by atoms with E-state index in [4.69, 9.17) is 0 Å². The van der Waals surface area contributed by atoms with Gasteiger partial charge in [-0.2, -0.15) is 0 Å². The van der Waals surface area contributed by atoms with Gasteiger partial charge in [0.1, 0.15) is 0 Å². The van der Waals surface area contributed by atoms with E-state index in [2.05, 4.69) is 38.2 Å². The molecule has 0 saturated carbocycles. The van der Waals surface area contributed by atoms with Crippen molar-refractivity contribution in [3.63, 3.8) is 0 Å². The number of hydrogen-bond acceptors (Lipinski definition) is 3. The van der Waals surface area contributed by atoms with Crippen LogP contribution in [0, 0.1) is 10.1 Å². The number of carbonyl (C=O) groups is 1.